The maximum Gasteiger partial charge on any atom is 0.326 e. The van der Waals surface area contributed by atoms with Crippen molar-refractivity contribution in [3.63, 3.8) is 0 Å². The Labute approximate surface area is 121 Å². The zero-order chi connectivity index (χ0) is 14.7. The van der Waals surface area contributed by atoms with Gasteiger partial charge < -0.3 is 10.4 Å². The topological polar surface area (TPSA) is 66.4 Å². The monoisotopic (exact) mass is 291 g/mol. The first-order chi connectivity index (χ1) is 9.47. The number of carbonyl (C=O) groups excluding carboxylic acids is 1. The third-order valence-electron chi connectivity index (χ3n) is 3.03. The second-order valence-electron chi connectivity index (χ2n) is 5.17. The van der Waals surface area contributed by atoms with E-state index in [-0.39, 0.29) is 11.8 Å². The lowest BCUT2D eigenvalue weighted by molar-refractivity contribution is -0.139. The molecule has 106 valence electrons. The molecule has 0 saturated carbocycles. The largest absolute Gasteiger partial charge is 0.480 e. The van der Waals surface area contributed by atoms with Gasteiger partial charge in [-0.15, -0.1) is 11.3 Å². The van der Waals surface area contributed by atoms with Crippen molar-refractivity contribution >= 4 is 33.3 Å². The van der Waals surface area contributed by atoms with Crippen LogP contribution in [0, 0.1) is 5.92 Å². The molecule has 2 rings (SSSR count). The fourth-order valence-corrected chi connectivity index (χ4v) is 2.81. The molecule has 5 heteroatoms. The van der Waals surface area contributed by atoms with Gasteiger partial charge in [-0.3, -0.25) is 4.79 Å². The van der Waals surface area contributed by atoms with Crippen LogP contribution < -0.4 is 5.32 Å². The molecule has 0 fully saturated rings. The van der Waals surface area contributed by atoms with Crippen LogP contribution in [0.25, 0.3) is 10.1 Å². The van der Waals surface area contributed by atoms with E-state index in [1.165, 1.54) is 0 Å². The van der Waals surface area contributed by atoms with Gasteiger partial charge in [0.05, 0.1) is 0 Å². The number of nitrogens with one attached hydrogen (secondary N) is 1. The van der Waals surface area contributed by atoms with E-state index in [1.807, 2.05) is 31.4 Å². The van der Waals surface area contributed by atoms with Gasteiger partial charge in [0.15, 0.2) is 0 Å². The van der Waals surface area contributed by atoms with E-state index >= 15 is 0 Å². The van der Waals surface area contributed by atoms with E-state index in [1.54, 1.807) is 23.5 Å². The van der Waals surface area contributed by atoms with Crippen molar-refractivity contribution in [2.75, 3.05) is 0 Å². The maximum atomic E-state index is 12.1. The van der Waals surface area contributed by atoms with Gasteiger partial charge in [0.2, 0.25) is 0 Å². The molecule has 0 bridgehead atoms. The zero-order valence-electron chi connectivity index (χ0n) is 11.4. The summed E-state index contributed by atoms with van der Waals surface area (Å²) in [6.45, 7) is 3.86. The van der Waals surface area contributed by atoms with Crippen molar-refractivity contribution in [2.24, 2.45) is 5.92 Å². The Morgan fingerprint density at radius 3 is 2.70 bits per heavy atom. The number of rotatable bonds is 5. The van der Waals surface area contributed by atoms with Crippen molar-refractivity contribution < 1.29 is 14.7 Å². The average Bonchev–Trinajstić information content (AvgIpc) is 2.84. The highest BCUT2D eigenvalue weighted by atomic mass is 32.1. The summed E-state index contributed by atoms with van der Waals surface area (Å²) in [6, 6.07) is 6.49. The smallest absolute Gasteiger partial charge is 0.326 e. The highest BCUT2D eigenvalue weighted by Gasteiger charge is 2.21. The lowest BCUT2D eigenvalue weighted by Gasteiger charge is -2.16. The molecule has 0 aliphatic carbocycles. The van der Waals surface area contributed by atoms with Crippen molar-refractivity contribution in [3.05, 3.63) is 35.2 Å². The molecule has 0 radical (unpaired) electrons. The number of aliphatic carboxylic acids is 1. The fraction of sp³-hybridized carbons (Fsp3) is 0.333. The molecule has 4 nitrogen and oxygen atoms in total. The number of carbonyl (C=O) groups is 2. The summed E-state index contributed by atoms with van der Waals surface area (Å²) >= 11 is 1.61. The molecule has 1 aromatic carbocycles. The minimum Gasteiger partial charge on any atom is -0.480 e. The fourth-order valence-electron chi connectivity index (χ4n) is 2.04. The Morgan fingerprint density at radius 2 is 2.05 bits per heavy atom. The summed E-state index contributed by atoms with van der Waals surface area (Å²) in [4.78, 5) is 23.3. The van der Waals surface area contributed by atoms with Crippen molar-refractivity contribution in [3.8, 4) is 0 Å². The second-order valence-corrected chi connectivity index (χ2v) is 6.11. The normalized spacial score (nSPS) is 12.6. The zero-order valence-corrected chi connectivity index (χ0v) is 12.2. The van der Waals surface area contributed by atoms with Gasteiger partial charge in [-0.25, -0.2) is 4.79 Å². The molecule has 1 heterocycles. The van der Waals surface area contributed by atoms with Gasteiger partial charge in [-0.1, -0.05) is 13.8 Å². The molecule has 0 aliphatic heterocycles. The van der Waals surface area contributed by atoms with Crippen LogP contribution in [0.5, 0.6) is 0 Å². The number of fused-ring (bicyclic) bond motifs is 1. The summed E-state index contributed by atoms with van der Waals surface area (Å²) < 4.78 is 1.11. The standard InChI is InChI=1S/C15H17NO3S/c1-9(2)7-12(15(18)19)16-14(17)11-3-4-13-10(8-11)5-6-20-13/h3-6,8-9,12H,7H2,1-2H3,(H,16,17)(H,18,19)/t12-/m1/s1. The van der Waals surface area contributed by atoms with Gasteiger partial charge in [-0.05, 0) is 47.4 Å². The molecule has 1 aromatic heterocycles. The highest BCUT2D eigenvalue weighted by Crippen LogP contribution is 2.21. The van der Waals surface area contributed by atoms with Crippen LogP contribution in [0.1, 0.15) is 30.6 Å². The number of thiophene rings is 1. The van der Waals surface area contributed by atoms with Crippen LogP contribution >= 0.6 is 11.3 Å². The van der Waals surface area contributed by atoms with Gasteiger partial charge in [0.25, 0.3) is 5.91 Å². The Kier molecular flexibility index (Phi) is 4.39. The van der Waals surface area contributed by atoms with Gasteiger partial charge >= 0.3 is 5.97 Å². The molecule has 0 aliphatic rings. The number of hydrogen-bond donors (Lipinski definition) is 2. The first kappa shape index (κ1) is 14.5. The number of hydrogen-bond acceptors (Lipinski definition) is 3. The van der Waals surface area contributed by atoms with Crippen LogP contribution in [-0.4, -0.2) is 23.0 Å². The first-order valence-electron chi connectivity index (χ1n) is 6.48. The van der Waals surface area contributed by atoms with Crippen LogP contribution in [0.2, 0.25) is 0 Å². The van der Waals surface area contributed by atoms with Crippen LogP contribution in [-0.2, 0) is 4.79 Å². The molecule has 2 N–H and O–H groups in total. The van der Waals surface area contributed by atoms with Gasteiger partial charge in [-0.2, -0.15) is 0 Å². The lowest BCUT2D eigenvalue weighted by atomic mass is 10.0. The second kappa shape index (κ2) is 6.05. The van der Waals surface area contributed by atoms with E-state index in [4.69, 9.17) is 5.11 Å². The minimum atomic E-state index is -0.997. The Hall–Kier alpha value is -1.88. The summed E-state index contributed by atoms with van der Waals surface area (Å²) in [5.41, 5.74) is 0.492. The van der Waals surface area contributed by atoms with E-state index in [2.05, 4.69) is 5.32 Å². The lowest BCUT2D eigenvalue weighted by Crippen LogP contribution is -2.41. The quantitative estimate of drug-likeness (QED) is 0.889. The summed E-state index contributed by atoms with van der Waals surface area (Å²) in [5, 5.41) is 14.7. The van der Waals surface area contributed by atoms with Crippen molar-refractivity contribution in [1.29, 1.82) is 0 Å². The van der Waals surface area contributed by atoms with E-state index < -0.39 is 12.0 Å². The van der Waals surface area contributed by atoms with E-state index in [0.717, 1.165) is 10.1 Å². The van der Waals surface area contributed by atoms with Gasteiger partial charge in [0.1, 0.15) is 6.04 Å². The Bertz CT molecular complexity index is 633. The number of benzene rings is 1. The molecule has 0 saturated heterocycles. The van der Waals surface area contributed by atoms with E-state index in [9.17, 15) is 9.59 Å². The molecular weight excluding hydrogens is 274 g/mol. The number of amides is 1. The van der Waals surface area contributed by atoms with Crippen molar-refractivity contribution in [2.45, 2.75) is 26.3 Å². The third-order valence-corrected chi connectivity index (χ3v) is 3.92. The maximum absolute atomic E-state index is 12.1. The van der Waals surface area contributed by atoms with Crippen LogP contribution in [0.4, 0.5) is 0 Å². The van der Waals surface area contributed by atoms with Crippen LogP contribution in [0.15, 0.2) is 29.6 Å². The SMILES string of the molecule is CC(C)C[C@@H](NC(=O)c1ccc2sccc2c1)C(=O)O. The average molecular weight is 291 g/mol. The van der Waals surface area contributed by atoms with E-state index in [0.29, 0.717) is 12.0 Å². The predicted molar refractivity (Wildman–Crippen MR) is 80.2 cm³/mol. The molecule has 2 aromatic rings. The minimum absolute atomic E-state index is 0.204. The summed E-state index contributed by atoms with van der Waals surface area (Å²) in [7, 11) is 0. The molecule has 1 atom stereocenters. The summed E-state index contributed by atoms with van der Waals surface area (Å²) in [6.07, 6.45) is 0.418. The first-order valence-corrected chi connectivity index (χ1v) is 7.36. The molecule has 0 unspecified atom stereocenters. The predicted octanol–water partition coefficient (Wildman–Crippen LogP) is 3.13. The molecular formula is C15H17NO3S. The van der Waals surface area contributed by atoms with Gasteiger partial charge in [0, 0.05) is 10.3 Å². The Morgan fingerprint density at radius 1 is 1.30 bits per heavy atom. The van der Waals surface area contributed by atoms with Crippen LogP contribution in [0.3, 0.4) is 0 Å². The number of carboxylic acids is 1. The molecule has 1 amide bonds. The Balaban J connectivity index is 2.15. The number of carboxylic acid groups (broad SMARTS) is 1. The third kappa shape index (κ3) is 3.36. The molecule has 20 heavy (non-hydrogen) atoms. The summed E-state index contributed by atoms with van der Waals surface area (Å²) in [5.74, 6) is -1.13. The molecule has 0 spiro atoms. The highest BCUT2D eigenvalue weighted by molar-refractivity contribution is 7.17. The van der Waals surface area contributed by atoms with Crippen molar-refractivity contribution in [1.82, 2.24) is 5.32 Å².